The highest BCUT2D eigenvalue weighted by Gasteiger charge is 2.22. The molecule has 0 unspecified atom stereocenters. The van der Waals surface area contributed by atoms with Gasteiger partial charge in [0, 0.05) is 0 Å². The number of carboxylic acids is 1. The first-order valence-corrected chi connectivity index (χ1v) is 6.64. The minimum absolute atomic E-state index is 0.241. The van der Waals surface area contributed by atoms with E-state index in [-0.39, 0.29) is 11.8 Å². The third-order valence-electron chi connectivity index (χ3n) is 3.15. The minimum atomic E-state index is -0.970. The summed E-state index contributed by atoms with van der Waals surface area (Å²) in [6.45, 7) is 3.77. The van der Waals surface area contributed by atoms with Gasteiger partial charge in [-0.2, -0.15) is 0 Å². The van der Waals surface area contributed by atoms with Gasteiger partial charge in [-0.15, -0.1) is 0 Å². The van der Waals surface area contributed by atoms with Crippen molar-refractivity contribution in [3.63, 3.8) is 0 Å². The normalized spacial score (nSPS) is 13.6. The molecule has 0 radical (unpaired) electrons. The lowest BCUT2D eigenvalue weighted by Crippen LogP contribution is -2.42. The molecule has 0 fully saturated rings. The SMILES string of the molecule is CCCC[C@H](NC(=O)[C@H](C)c1ccccc1)C(=O)O. The first-order chi connectivity index (χ1) is 9.06. The Bertz CT molecular complexity index is 417. The smallest absolute Gasteiger partial charge is 0.326 e. The third-order valence-corrected chi connectivity index (χ3v) is 3.15. The van der Waals surface area contributed by atoms with Crippen molar-refractivity contribution in [2.75, 3.05) is 0 Å². The van der Waals surface area contributed by atoms with Crippen LogP contribution in [-0.2, 0) is 9.59 Å². The topological polar surface area (TPSA) is 66.4 Å². The Morgan fingerprint density at radius 1 is 1.26 bits per heavy atom. The standard InChI is InChI=1S/C15H21NO3/c1-3-4-10-13(15(18)19)16-14(17)11(2)12-8-6-5-7-9-12/h5-9,11,13H,3-4,10H2,1-2H3,(H,16,17)(H,18,19)/t11-,13+/m1/s1. The van der Waals surface area contributed by atoms with Gasteiger partial charge in [0.05, 0.1) is 5.92 Å². The molecule has 0 saturated carbocycles. The summed E-state index contributed by atoms with van der Waals surface area (Å²) in [5.74, 6) is -1.55. The van der Waals surface area contributed by atoms with Crippen LogP contribution < -0.4 is 5.32 Å². The maximum Gasteiger partial charge on any atom is 0.326 e. The van der Waals surface area contributed by atoms with Crippen LogP contribution in [0.3, 0.4) is 0 Å². The molecular formula is C15H21NO3. The monoisotopic (exact) mass is 263 g/mol. The fourth-order valence-electron chi connectivity index (χ4n) is 1.86. The second-order valence-corrected chi connectivity index (χ2v) is 4.67. The van der Waals surface area contributed by atoms with Crippen LogP contribution in [-0.4, -0.2) is 23.0 Å². The average Bonchev–Trinajstić information content (AvgIpc) is 2.43. The van der Waals surface area contributed by atoms with Crippen molar-refractivity contribution in [1.29, 1.82) is 0 Å². The molecule has 0 aliphatic carbocycles. The first kappa shape index (κ1) is 15.2. The highest BCUT2D eigenvalue weighted by Crippen LogP contribution is 2.15. The summed E-state index contributed by atoms with van der Waals surface area (Å²) in [6, 6.07) is 8.56. The molecule has 2 atom stereocenters. The van der Waals surface area contributed by atoms with Crippen LogP contribution in [0.5, 0.6) is 0 Å². The molecule has 1 aromatic carbocycles. The van der Waals surface area contributed by atoms with Crippen LogP contribution in [0, 0.1) is 0 Å². The molecule has 2 N–H and O–H groups in total. The number of rotatable bonds is 7. The van der Waals surface area contributed by atoms with Gasteiger partial charge in [-0.05, 0) is 18.9 Å². The Morgan fingerprint density at radius 2 is 1.89 bits per heavy atom. The second kappa shape index (κ2) is 7.56. The fourth-order valence-corrected chi connectivity index (χ4v) is 1.86. The lowest BCUT2D eigenvalue weighted by atomic mass is 9.99. The summed E-state index contributed by atoms with van der Waals surface area (Å²) in [6.07, 6.45) is 2.17. The number of carboxylic acid groups (broad SMARTS) is 1. The van der Waals surface area contributed by atoms with Crippen molar-refractivity contribution >= 4 is 11.9 Å². The molecule has 104 valence electrons. The van der Waals surface area contributed by atoms with E-state index in [0.717, 1.165) is 18.4 Å². The van der Waals surface area contributed by atoms with Gasteiger partial charge in [-0.1, -0.05) is 50.1 Å². The van der Waals surface area contributed by atoms with Crippen molar-refractivity contribution in [2.24, 2.45) is 0 Å². The Morgan fingerprint density at radius 3 is 2.42 bits per heavy atom. The molecule has 19 heavy (non-hydrogen) atoms. The van der Waals surface area contributed by atoms with Crippen LogP contribution in [0.4, 0.5) is 0 Å². The fraction of sp³-hybridized carbons (Fsp3) is 0.467. The number of amides is 1. The van der Waals surface area contributed by atoms with Gasteiger partial charge >= 0.3 is 5.97 Å². The number of unbranched alkanes of at least 4 members (excludes halogenated alkanes) is 1. The minimum Gasteiger partial charge on any atom is -0.480 e. The van der Waals surface area contributed by atoms with Crippen LogP contribution in [0.2, 0.25) is 0 Å². The Kier molecular flexibility index (Phi) is 6.06. The number of nitrogens with one attached hydrogen (secondary N) is 1. The molecule has 1 rings (SSSR count). The van der Waals surface area contributed by atoms with Crippen molar-refractivity contribution in [3.8, 4) is 0 Å². The molecule has 0 saturated heterocycles. The number of benzene rings is 1. The summed E-state index contributed by atoms with van der Waals surface area (Å²) in [4.78, 5) is 23.1. The molecule has 0 bridgehead atoms. The lowest BCUT2D eigenvalue weighted by Gasteiger charge is -2.17. The summed E-state index contributed by atoms with van der Waals surface area (Å²) in [5, 5.41) is 11.7. The highest BCUT2D eigenvalue weighted by molar-refractivity contribution is 5.87. The van der Waals surface area contributed by atoms with Gasteiger partial charge in [0.1, 0.15) is 6.04 Å². The average molecular weight is 263 g/mol. The number of hydrogen-bond donors (Lipinski definition) is 2. The molecule has 4 nitrogen and oxygen atoms in total. The Balaban J connectivity index is 2.64. The van der Waals surface area contributed by atoms with Crippen LogP contribution in [0.25, 0.3) is 0 Å². The highest BCUT2D eigenvalue weighted by atomic mass is 16.4. The number of carbonyl (C=O) groups excluding carboxylic acids is 1. The third kappa shape index (κ3) is 4.73. The molecule has 1 aromatic rings. The van der Waals surface area contributed by atoms with Crippen LogP contribution in [0.15, 0.2) is 30.3 Å². The predicted octanol–water partition coefficient (Wildman–Crippen LogP) is 2.55. The second-order valence-electron chi connectivity index (χ2n) is 4.67. The van der Waals surface area contributed by atoms with E-state index in [1.165, 1.54) is 0 Å². The summed E-state index contributed by atoms with van der Waals surface area (Å²) in [7, 11) is 0. The molecular weight excluding hydrogens is 242 g/mol. The van der Waals surface area contributed by atoms with Crippen LogP contribution in [0.1, 0.15) is 44.6 Å². The predicted molar refractivity (Wildman–Crippen MR) is 73.9 cm³/mol. The van der Waals surface area contributed by atoms with Crippen molar-refractivity contribution < 1.29 is 14.7 Å². The van der Waals surface area contributed by atoms with E-state index in [4.69, 9.17) is 5.11 Å². The zero-order valence-electron chi connectivity index (χ0n) is 11.4. The molecule has 0 spiro atoms. The van der Waals surface area contributed by atoms with E-state index in [2.05, 4.69) is 5.32 Å². The van der Waals surface area contributed by atoms with E-state index < -0.39 is 12.0 Å². The maximum absolute atomic E-state index is 12.0. The number of hydrogen-bond acceptors (Lipinski definition) is 2. The number of aliphatic carboxylic acids is 1. The van der Waals surface area contributed by atoms with Crippen LogP contribution >= 0.6 is 0 Å². The van der Waals surface area contributed by atoms with Gasteiger partial charge in [-0.25, -0.2) is 4.79 Å². The Hall–Kier alpha value is -1.84. The van der Waals surface area contributed by atoms with E-state index in [1.54, 1.807) is 6.92 Å². The van der Waals surface area contributed by atoms with E-state index >= 15 is 0 Å². The number of carbonyl (C=O) groups is 2. The molecule has 0 heterocycles. The van der Waals surface area contributed by atoms with E-state index in [1.807, 2.05) is 37.3 Å². The van der Waals surface area contributed by atoms with Gasteiger partial charge in [-0.3, -0.25) is 4.79 Å². The molecule has 0 aromatic heterocycles. The van der Waals surface area contributed by atoms with Crippen molar-refractivity contribution in [1.82, 2.24) is 5.32 Å². The Labute approximate surface area is 113 Å². The zero-order chi connectivity index (χ0) is 14.3. The van der Waals surface area contributed by atoms with Gasteiger partial charge < -0.3 is 10.4 Å². The zero-order valence-corrected chi connectivity index (χ0v) is 11.4. The molecule has 0 aliphatic heterocycles. The maximum atomic E-state index is 12.0. The van der Waals surface area contributed by atoms with Gasteiger partial charge in [0.25, 0.3) is 0 Å². The van der Waals surface area contributed by atoms with E-state index in [0.29, 0.717) is 6.42 Å². The van der Waals surface area contributed by atoms with Gasteiger partial charge in [0.15, 0.2) is 0 Å². The van der Waals surface area contributed by atoms with Crippen molar-refractivity contribution in [2.45, 2.75) is 45.1 Å². The first-order valence-electron chi connectivity index (χ1n) is 6.64. The summed E-state index contributed by atoms with van der Waals surface area (Å²) >= 11 is 0. The lowest BCUT2D eigenvalue weighted by molar-refractivity contribution is -0.142. The van der Waals surface area contributed by atoms with E-state index in [9.17, 15) is 9.59 Å². The molecule has 1 amide bonds. The largest absolute Gasteiger partial charge is 0.480 e. The molecule has 0 aliphatic rings. The van der Waals surface area contributed by atoms with Crippen molar-refractivity contribution in [3.05, 3.63) is 35.9 Å². The van der Waals surface area contributed by atoms with Gasteiger partial charge in [0.2, 0.25) is 5.91 Å². The quantitative estimate of drug-likeness (QED) is 0.794. The summed E-state index contributed by atoms with van der Waals surface area (Å²) < 4.78 is 0. The molecule has 4 heteroatoms. The summed E-state index contributed by atoms with van der Waals surface area (Å²) in [5.41, 5.74) is 0.889.